The first-order chi connectivity index (χ1) is 14.6. The van der Waals surface area contributed by atoms with Gasteiger partial charge in [-0.2, -0.15) is 10.4 Å². The number of amides is 1. The number of nitrogens with one attached hydrogen (secondary N) is 3. The molecule has 3 N–H and O–H groups in total. The van der Waals surface area contributed by atoms with E-state index in [9.17, 15) is 4.79 Å². The lowest BCUT2D eigenvalue weighted by Gasteiger charge is -2.13. The molecule has 3 heterocycles. The third-order valence-electron chi connectivity index (χ3n) is 5.07. The maximum absolute atomic E-state index is 15.0. The minimum Gasteiger partial charge on any atom is -0.368 e. The number of aromatic amines is 1. The molecule has 0 spiro atoms. The van der Waals surface area contributed by atoms with E-state index < -0.39 is 5.82 Å². The molecule has 0 radical (unpaired) electrons. The highest BCUT2D eigenvalue weighted by Gasteiger charge is 2.30. The van der Waals surface area contributed by atoms with Crippen LogP contribution in [0.15, 0.2) is 30.7 Å². The molecule has 3 aromatic heterocycles. The number of nitriles is 1. The Morgan fingerprint density at radius 2 is 2.23 bits per heavy atom. The molecule has 5 rings (SSSR count). The Kier molecular flexibility index (Phi) is 4.29. The van der Waals surface area contributed by atoms with Crippen molar-refractivity contribution in [2.45, 2.75) is 12.8 Å². The molecule has 1 aromatic carbocycles. The molecular weight excluding hydrogens is 409 g/mol. The van der Waals surface area contributed by atoms with Crippen LogP contribution in [0.3, 0.4) is 0 Å². The maximum Gasteiger partial charge on any atom is 0.228 e. The largest absolute Gasteiger partial charge is 0.368 e. The molecule has 0 bridgehead atoms. The van der Waals surface area contributed by atoms with Gasteiger partial charge in [0.25, 0.3) is 0 Å². The second kappa shape index (κ2) is 7.00. The molecule has 0 aliphatic heterocycles. The van der Waals surface area contributed by atoms with Gasteiger partial charge in [-0.25, -0.2) is 9.37 Å². The Hall–Kier alpha value is -3.64. The fraction of sp³-hybridized carbons (Fsp3) is 0.200. The molecule has 1 saturated carbocycles. The van der Waals surface area contributed by atoms with E-state index in [1.807, 2.05) is 6.07 Å². The van der Waals surface area contributed by atoms with Crippen molar-refractivity contribution in [2.24, 2.45) is 5.92 Å². The molecule has 8 nitrogen and oxygen atoms in total. The van der Waals surface area contributed by atoms with E-state index in [0.717, 1.165) is 12.8 Å². The Bertz CT molecular complexity index is 1350. The van der Waals surface area contributed by atoms with E-state index in [2.05, 4.69) is 25.8 Å². The number of anilines is 2. The number of carbonyl (C=O) groups is 1. The number of benzene rings is 1. The average Bonchev–Trinajstić information content (AvgIpc) is 3.36. The average molecular weight is 424 g/mol. The van der Waals surface area contributed by atoms with Gasteiger partial charge in [0, 0.05) is 28.6 Å². The van der Waals surface area contributed by atoms with Crippen LogP contribution in [0.2, 0.25) is 5.02 Å². The van der Waals surface area contributed by atoms with E-state index in [0.29, 0.717) is 33.5 Å². The summed E-state index contributed by atoms with van der Waals surface area (Å²) in [5, 5.41) is 21.7. The number of carbonyl (C=O) groups excluding carboxylic acids is 1. The molecule has 0 unspecified atom stereocenters. The van der Waals surface area contributed by atoms with Gasteiger partial charge in [0.1, 0.15) is 12.2 Å². The number of hydrogen-bond donors (Lipinski definition) is 3. The SMILES string of the molecule is N#CCNc1c(F)c(Cl)c(-c2ccc3nc(NC(=O)C4CC4)cn3c2)c2cn[nH]c12. The van der Waals surface area contributed by atoms with E-state index in [4.69, 9.17) is 16.9 Å². The van der Waals surface area contributed by atoms with Crippen LogP contribution >= 0.6 is 11.6 Å². The first-order valence-corrected chi connectivity index (χ1v) is 9.69. The summed E-state index contributed by atoms with van der Waals surface area (Å²) < 4.78 is 16.8. The minimum absolute atomic E-state index is 0.0238. The van der Waals surface area contributed by atoms with Crippen LogP contribution in [0.25, 0.3) is 27.7 Å². The predicted octanol–water partition coefficient (Wildman–Crippen LogP) is 3.95. The molecule has 10 heteroatoms. The summed E-state index contributed by atoms with van der Waals surface area (Å²) in [6.45, 7) is -0.0724. The monoisotopic (exact) mass is 423 g/mol. The number of hydrogen-bond acceptors (Lipinski definition) is 5. The van der Waals surface area contributed by atoms with Gasteiger partial charge in [0.05, 0.1) is 34.7 Å². The summed E-state index contributed by atoms with van der Waals surface area (Å²) in [5.74, 6) is -0.147. The van der Waals surface area contributed by atoms with Gasteiger partial charge in [0.15, 0.2) is 11.6 Å². The van der Waals surface area contributed by atoms with Crippen LogP contribution in [-0.2, 0) is 4.79 Å². The molecule has 0 atom stereocenters. The minimum atomic E-state index is -0.665. The van der Waals surface area contributed by atoms with Crippen molar-refractivity contribution in [3.63, 3.8) is 0 Å². The summed E-state index contributed by atoms with van der Waals surface area (Å²) in [6, 6.07) is 5.47. The van der Waals surface area contributed by atoms with E-state index in [1.165, 1.54) is 0 Å². The Labute approximate surface area is 174 Å². The van der Waals surface area contributed by atoms with Gasteiger partial charge in [0.2, 0.25) is 5.91 Å². The summed E-state index contributed by atoms with van der Waals surface area (Å²) in [7, 11) is 0. The lowest BCUT2D eigenvalue weighted by atomic mass is 10.0. The first-order valence-electron chi connectivity index (χ1n) is 9.31. The number of halogens is 2. The zero-order chi connectivity index (χ0) is 20.8. The molecule has 150 valence electrons. The Morgan fingerprint density at radius 1 is 1.40 bits per heavy atom. The quantitative estimate of drug-likeness (QED) is 0.421. The van der Waals surface area contributed by atoms with E-state index in [1.54, 1.807) is 35.1 Å². The topological polar surface area (TPSA) is 111 Å². The Balaban J connectivity index is 1.59. The van der Waals surface area contributed by atoms with Crippen LogP contribution in [0.5, 0.6) is 0 Å². The van der Waals surface area contributed by atoms with Gasteiger partial charge < -0.3 is 15.0 Å². The third kappa shape index (κ3) is 3.02. The summed E-state index contributed by atoms with van der Waals surface area (Å²) >= 11 is 6.39. The summed E-state index contributed by atoms with van der Waals surface area (Å²) in [5.41, 5.74) is 2.29. The van der Waals surface area contributed by atoms with E-state index >= 15 is 4.39 Å². The number of rotatable bonds is 5. The standard InChI is InChI=1S/C20H15ClFN7O/c21-16-15(12-7-25-28-18(12)19(17(16)22)24-6-5-23)11-3-4-14-26-13(9-29(14)8-11)27-20(30)10-1-2-10/h3-4,7-10,24H,1-2,6H2,(H,25,28)(H,27,30). The smallest absolute Gasteiger partial charge is 0.228 e. The van der Waals surface area contributed by atoms with Crippen molar-refractivity contribution in [3.8, 4) is 17.2 Å². The Morgan fingerprint density at radius 3 is 3.00 bits per heavy atom. The maximum atomic E-state index is 15.0. The van der Waals surface area contributed by atoms with Gasteiger partial charge in [-0.3, -0.25) is 9.89 Å². The molecule has 1 fully saturated rings. The van der Waals surface area contributed by atoms with Crippen molar-refractivity contribution in [1.82, 2.24) is 19.6 Å². The fourth-order valence-corrected chi connectivity index (χ4v) is 3.77. The van der Waals surface area contributed by atoms with Crippen molar-refractivity contribution in [2.75, 3.05) is 17.2 Å². The zero-order valence-electron chi connectivity index (χ0n) is 15.5. The van der Waals surface area contributed by atoms with Crippen molar-refractivity contribution in [1.29, 1.82) is 5.26 Å². The van der Waals surface area contributed by atoms with Gasteiger partial charge in [-0.05, 0) is 25.0 Å². The van der Waals surface area contributed by atoms with Crippen LogP contribution in [-0.4, -0.2) is 32.0 Å². The number of nitrogens with zero attached hydrogens (tertiary/aromatic N) is 4. The molecule has 1 aliphatic carbocycles. The molecule has 1 aliphatic rings. The highest BCUT2D eigenvalue weighted by Crippen LogP contribution is 2.41. The zero-order valence-corrected chi connectivity index (χ0v) is 16.3. The molecule has 0 saturated heterocycles. The lowest BCUT2D eigenvalue weighted by Crippen LogP contribution is -2.13. The van der Waals surface area contributed by atoms with Crippen molar-refractivity contribution >= 4 is 45.6 Å². The van der Waals surface area contributed by atoms with Gasteiger partial charge in [-0.1, -0.05) is 11.6 Å². The molecule has 30 heavy (non-hydrogen) atoms. The molecular formula is C20H15ClFN7O. The van der Waals surface area contributed by atoms with Gasteiger partial charge in [-0.15, -0.1) is 0 Å². The second-order valence-electron chi connectivity index (χ2n) is 7.12. The predicted molar refractivity (Wildman–Crippen MR) is 111 cm³/mol. The van der Waals surface area contributed by atoms with Crippen LogP contribution < -0.4 is 10.6 Å². The highest BCUT2D eigenvalue weighted by atomic mass is 35.5. The number of pyridine rings is 1. The van der Waals surface area contributed by atoms with E-state index in [-0.39, 0.29) is 29.1 Å². The van der Waals surface area contributed by atoms with Crippen LogP contribution in [0, 0.1) is 23.1 Å². The third-order valence-corrected chi connectivity index (χ3v) is 5.43. The number of aromatic nitrogens is 4. The normalized spacial score (nSPS) is 13.5. The second-order valence-corrected chi connectivity index (χ2v) is 7.50. The fourth-order valence-electron chi connectivity index (χ4n) is 3.46. The lowest BCUT2D eigenvalue weighted by molar-refractivity contribution is -0.117. The summed E-state index contributed by atoms with van der Waals surface area (Å²) in [6.07, 6.45) is 6.86. The number of imidazole rings is 1. The number of H-pyrrole nitrogens is 1. The summed E-state index contributed by atoms with van der Waals surface area (Å²) in [4.78, 5) is 16.4. The molecule has 1 amide bonds. The van der Waals surface area contributed by atoms with Crippen LogP contribution in [0.4, 0.5) is 15.9 Å². The van der Waals surface area contributed by atoms with Crippen molar-refractivity contribution < 1.29 is 9.18 Å². The van der Waals surface area contributed by atoms with Crippen LogP contribution in [0.1, 0.15) is 12.8 Å². The van der Waals surface area contributed by atoms with Crippen molar-refractivity contribution in [3.05, 3.63) is 41.6 Å². The van der Waals surface area contributed by atoms with Gasteiger partial charge >= 0.3 is 0 Å². The highest BCUT2D eigenvalue weighted by molar-refractivity contribution is 6.36. The first kappa shape index (κ1) is 18.4. The number of fused-ring (bicyclic) bond motifs is 2. The molecule has 4 aromatic rings.